The standard InChI is InChI=1S/C26H26F2N6O4/c1-13-20(23-31-21(29-10-14(36)11-35)19-22(32-23)33-25(37)26(19,2)3)34-9-5-8-18(24(34)30-13)38-12-15-16(27)6-4-7-17(15)28/h4-9,14,35-36H,10-12H2,1-3H3,(H2,29,31,32,33,37). The van der Waals surface area contributed by atoms with Gasteiger partial charge >= 0.3 is 0 Å². The van der Waals surface area contributed by atoms with Gasteiger partial charge in [0.15, 0.2) is 17.2 Å². The summed E-state index contributed by atoms with van der Waals surface area (Å²) in [5.41, 5.74) is 0.851. The van der Waals surface area contributed by atoms with Crippen molar-refractivity contribution in [2.75, 3.05) is 23.8 Å². The van der Waals surface area contributed by atoms with Crippen LogP contribution in [0.4, 0.5) is 20.4 Å². The Hall–Kier alpha value is -4.16. The Bertz CT molecular complexity index is 1530. The van der Waals surface area contributed by atoms with Crippen LogP contribution in [0.2, 0.25) is 0 Å². The molecular weight excluding hydrogens is 498 g/mol. The summed E-state index contributed by atoms with van der Waals surface area (Å²) in [6, 6.07) is 6.94. The molecule has 1 aromatic carbocycles. The van der Waals surface area contributed by atoms with Gasteiger partial charge in [0.1, 0.15) is 35.6 Å². The molecule has 0 fully saturated rings. The third-order valence-corrected chi connectivity index (χ3v) is 6.48. The zero-order valence-corrected chi connectivity index (χ0v) is 20.9. The van der Waals surface area contributed by atoms with Crippen LogP contribution in [0.15, 0.2) is 36.5 Å². The lowest BCUT2D eigenvalue weighted by atomic mass is 9.87. The number of hydrogen-bond acceptors (Lipinski definition) is 8. The van der Waals surface area contributed by atoms with Crippen molar-refractivity contribution >= 4 is 23.2 Å². The van der Waals surface area contributed by atoms with E-state index in [1.54, 1.807) is 43.5 Å². The number of aryl methyl sites for hydroxylation is 1. The number of halogens is 2. The fraction of sp³-hybridized carbons (Fsp3) is 0.308. The summed E-state index contributed by atoms with van der Waals surface area (Å²) in [5, 5.41) is 24.9. The Labute approximate surface area is 216 Å². The Kier molecular flexibility index (Phi) is 6.45. The van der Waals surface area contributed by atoms with E-state index in [0.717, 1.165) is 12.1 Å². The summed E-state index contributed by atoms with van der Waals surface area (Å²) in [4.78, 5) is 26.5. The largest absolute Gasteiger partial charge is 0.485 e. The summed E-state index contributed by atoms with van der Waals surface area (Å²) >= 11 is 0. The molecule has 0 bridgehead atoms. The molecule has 4 heterocycles. The number of hydrogen-bond donors (Lipinski definition) is 4. The van der Waals surface area contributed by atoms with Crippen LogP contribution in [-0.2, 0) is 16.8 Å². The predicted molar refractivity (Wildman–Crippen MR) is 135 cm³/mol. The molecule has 0 saturated heterocycles. The molecule has 4 aromatic rings. The van der Waals surface area contributed by atoms with Crippen molar-refractivity contribution < 1.29 is 28.5 Å². The van der Waals surface area contributed by atoms with Gasteiger partial charge in [-0.05, 0) is 45.0 Å². The number of nitrogens with zero attached hydrogens (tertiary/aromatic N) is 4. The van der Waals surface area contributed by atoms with Gasteiger partial charge < -0.3 is 25.6 Å². The smallest absolute Gasteiger partial charge is 0.235 e. The molecule has 0 radical (unpaired) electrons. The maximum atomic E-state index is 14.1. The molecule has 0 spiro atoms. The highest BCUT2D eigenvalue weighted by molar-refractivity contribution is 6.06. The number of fused-ring (bicyclic) bond motifs is 2. The molecule has 1 aliphatic heterocycles. The van der Waals surface area contributed by atoms with Crippen LogP contribution < -0.4 is 15.4 Å². The first-order chi connectivity index (χ1) is 18.1. The fourth-order valence-electron chi connectivity index (χ4n) is 4.39. The summed E-state index contributed by atoms with van der Waals surface area (Å²) in [6.07, 6.45) is 0.692. The molecule has 1 aliphatic rings. The average molecular weight is 525 g/mol. The summed E-state index contributed by atoms with van der Waals surface area (Å²) in [7, 11) is 0. The predicted octanol–water partition coefficient (Wildman–Crippen LogP) is 2.95. The van der Waals surface area contributed by atoms with Gasteiger partial charge in [0.2, 0.25) is 5.91 Å². The second-order valence-electron chi connectivity index (χ2n) is 9.52. The van der Waals surface area contributed by atoms with E-state index in [1.807, 2.05) is 0 Å². The highest BCUT2D eigenvalue weighted by Crippen LogP contribution is 2.42. The molecule has 0 aliphatic carbocycles. The number of aromatic nitrogens is 4. The van der Waals surface area contributed by atoms with Gasteiger partial charge in [0.05, 0.1) is 34.9 Å². The van der Waals surface area contributed by atoms with Crippen molar-refractivity contribution in [3.05, 3.63) is 65.0 Å². The molecule has 1 amide bonds. The van der Waals surface area contributed by atoms with E-state index >= 15 is 0 Å². The number of benzene rings is 1. The lowest BCUT2D eigenvalue weighted by molar-refractivity contribution is -0.119. The maximum absolute atomic E-state index is 14.1. The van der Waals surface area contributed by atoms with E-state index in [9.17, 15) is 23.8 Å². The first kappa shape index (κ1) is 25.5. The number of imidazole rings is 1. The van der Waals surface area contributed by atoms with Crippen molar-refractivity contribution in [2.45, 2.75) is 38.9 Å². The fourth-order valence-corrected chi connectivity index (χ4v) is 4.39. The highest BCUT2D eigenvalue weighted by atomic mass is 19.1. The average Bonchev–Trinajstić information content (AvgIpc) is 3.33. The molecule has 4 N–H and O–H groups in total. The number of aliphatic hydroxyl groups excluding tert-OH is 2. The van der Waals surface area contributed by atoms with E-state index in [1.165, 1.54) is 6.07 Å². The third-order valence-electron chi connectivity index (χ3n) is 6.48. The molecule has 5 rings (SSSR count). The van der Waals surface area contributed by atoms with Gasteiger partial charge in [0, 0.05) is 12.7 Å². The minimum atomic E-state index is -1.03. The van der Waals surface area contributed by atoms with Crippen LogP contribution in [0.3, 0.4) is 0 Å². The number of rotatable bonds is 8. The Morgan fingerprint density at radius 2 is 1.89 bits per heavy atom. The quantitative estimate of drug-likeness (QED) is 0.277. The van der Waals surface area contributed by atoms with Gasteiger partial charge in [-0.3, -0.25) is 9.20 Å². The van der Waals surface area contributed by atoms with Gasteiger partial charge in [-0.1, -0.05) is 6.07 Å². The van der Waals surface area contributed by atoms with E-state index in [2.05, 4.69) is 25.6 Å². The molecule has 1 atom stereocenters. The zero-order chi connectivity index (χ0) is 27.2. The normalized spacial score (nSPS) is 14.9. The first-order valence-corrected chi connectivity index (χ1v) is 11.9. The number of nitrogens with one attached hydrogen (secondary N) is 2. The summed E-state index contributed by atoms with van der Waals surface area (Å²) in [5.74, 6) is -0.481. The Morgan fingerprint density at radius 1 is 1.16 bits per heavy atom. The Balaban J connectivity index is 1.57. The minimum absolute atomic E-state index is 0.000389. The lowest BCUT2D eigenvalue weighted by Crippen LogP contribution is -2.29. The number of pyridine rings is 1. The molecule has 1 unspecified atom stereocenters. The number of ether oxygens (including phenoxy) is 1. The maximum Gasteiger partial charge on any atom is 0.235 e. The van der Waals surface area contributed by atoms with Gasteiger partial charge in [-0.25, -0.2) is 23.7 Å². The van der Waals surface area contributed by atoms with E-state index in [0.29, 0.717) is 40.0 Å². The number of amides is 1. The molecule has 12 heteroatoms. The van der Waals surface area contributed by atoms with Crippen LogP contribution >= 0.6 is 0 Å². The molecule has 3 aromatic heterocycles. The lowest BCUT2D eigenvalue weighted by Gasteiger charge is -2.20. The van der Waals surface area contributed by atoms with Crippen molar-refractivity contribution in [3.63, 3.8) is 0 Å². The second kappa shape index (κ2) is 9.62. The SMILES string of the molecule is Cc1nc2c(OCc3c(F)cccc3F)cccn2c1-c1nc(NCC(O)CO)c2c(n1)NC(=O)C2(C)C. The van der Waals surface area contributed by atoms with Crippen molar-refractivity contribution in [1.29, 1.82) is 0 Å². The molecule has 10 nitrogen and oxygen atoms in total. The summed E-state index contributed by atoms with van der Waals surface area (Å²) in [6.45, 7) is 4.46. The van der Waals surface area contributed by atoms with Crippen LogP contribution in [0.5, 0.6) is 5.75 Å². The molecular formula is C26H26F2N6O4. The second-order valence-corrected chi connectivity index (χ2v) is 9.52. The number of carbonyl (C=O) groups is 1. The van der Waals surface area contributed by atoms with Crippen molar-refractivity contribution in [2.24, 2.45) is 0 Å². The number of aliphatic hydroxyl groups is 2. The van der Waals surface area contributed by atoms with Gasteiger partial charge in [0.25, 0.3) is 0 Å². The van der Waals surface area contributed by atoms with Crippen LogP contribution in [0, 0.1) is 18.6 Å². The first-order valence-electron chi connectivity index (χ1n) is 11.9. The van der Waals surface area contributed by atoms with E-state index in [4.69, 9.17) is 4.74 Å². The van der Waals surface area contributed by atoms with Crippen molar-refractivity contribution in [3.8, 4) is 17.3 Å². The molecule has 38 heavy (non-hydrogen) atoms. The molecule has 198 valence electrons. The highest BCUT2D eigenvalue weighted by Gasteiger charge is 2.43. The Morgan fingerprint density at radius 3 is 2.61 bits per heavy atom. The van der Waals surface area contributed by atoms with Crippen LogP contribution in [0.1, 0.15) is 30.7 Å². The number of anilines is 2. The molecule has 0 saturated carbocycles. The summed E-state index contributed by atoms with van der Waals surface area (Å²) < 4.78 is 35.7. The topological polar surface area (TPSA) is 134 Å². The van der Waals surface area contributed by atoms with Crippen LogP contribution in [-0.4, -0.2) is 54.7 Å². The van der Waals surface area contributed by atoms with Gasteiger partial charge in [-0.15, -0.1) is 0 Å². The third kappa shape index (κ3) is 4.31. The van der Waals surface area contributed by atoms with Crippen LogP contribution in [0.25, 0.3) is 17.2 Å². The zero-order valence-electron chi connectivity index (χ0n) is 20.9. The van der Waals surface area contributed by atoms with Crippen molar-refractivity contribution in [1.82, 2.24) is 19.4 Å². The van der Waals surface area contributed by atoms with E-state index in [-0.39, 0.29) is 30.4 Å². The minimum Gasteiger partial charge on any atom is -0.485 e. The van der Waals surface area contributed by atoms with E-state index < -0.39 is 29.8 Å². The number of carbonyl (C=O) groups excluding carboxylic acids is 1. The van der Waals surface area contributed by atoms with Gasteiger partial charge in [-0.2, -0.15) is 0 Å². The monoisotopic (exact) mass is 524 g/mol.